The fourth-order valence-corrected chi connectivity index (χ4v) is 3.31. The first-order valence-corrected chi connectivity index (χ1v) is 7.37. The number of furan rings is 1. The minimum Gasteiger partial charge on any atom is -0.469 e. The molecule has 2 saturated heterocycles. The number of halogens is 2. The predicted molar refractivity (Wildman–Crippen MR) is 75.1 cm³/mol. The van der Waals surface area contributed by atoms with Crippen LogP contribution in [0.25, 0.3) is 0 Å². The summed E-state index contributed by atoms with van der Waals surface area (Å²) in [6, 6.07) is 1.34. The van der Waals surface area contributed by atoms with E-state index in [2.05, 4.69) is 0 Å². The third-order valence-electron chi connectivity index (χ3n) is 4.48. The summed E-state index contributed by atoms with van der Waals surface area (Å²) in [5, 5.41) is 0. The molecule has 0 unspecified atom stereocenters. The fourth-order valence-electron chi connectivity index (χ4n) is 3.31. The molecule has 5 nitrogen and oxygen atoms in total. The van der Waals surface area contributed by atoms with Crippen molar-refractivity contribution in [2.45, 2.75) is 31.4 Å². The molecule has 0 radical (unpaired) electrons. The molecular weight excluding hydrogens is 294 g/mol. The molecule has 2 aliphatic heterocycles. The first-order valence-electron chi connectivity index (χ1n) is 7.37. The van der Waals surface area contributed by atoms with Gasteiger partial charge < -0.3 is 14.1 Å². The van der Waals surface area contributed by atoms with E-state index in [0.29, 0.717) is 31.0 Å². The summed E-state index contributed by atoms with van der Waals surface area (Å²) in [6.07, 6.45) is 1.31. The van der Waals surface area contributed by atoms with Gasteiger partial charge in [0, 0.05) is 38.7 Å². The maximum absolute atomic E-state index is 13.6. The number of methoxy groups -OCH3 is 1. The maximum atomic E-state index is 13.6. The second kappa shape index (κ2) is 5.62. The number of rotatable bonds is 4. The highest BCUT2D eigenvalue weighted by Crippen LogP contribution is 2.35. The lowest BCUT2D eigenvalue weighted by Gasteiger charge is -2.45. The number of likely N-dealkylation sites (tertiary alicyclic amines) is 2. The normalized spacial score (nSPS) is 25.5. The van der Waals surface area contributed by atoms with Crippen LogP contribution >= 0.6 is 0 Å². The summed E-state index contributed by atoms with van der Waals surface area (Å²) < 4.78 is 37.4. The molecule has 2 aliphatic rings. The van der Waals surface area contributed by atoms with E-state index in [4.69, 9.17) is 9.15 Å². The van der Waals surface area contributed by atoms with E-state index in [9.17, 15) is 13.6 Å². The highest BCUT2D eigenvalue weighted by atomic mass is 19.3. The van der Waals surface area contributed by atoms with Gasteiger partial charge in [-0.1, -0.05) is 0 Å². The summed E-state index contributed by atoms with van der Waals surface area (Å²) in [5.74, 6) is -2.19. The van der Waals surface area contributed by atoms with Crippen LogP contribution in [0.2, 0.25) is 0 Å². The Morgan fingerprint density at radius 1 is 1.50 bits per heavy atom. The Kier molecular flexibility index (Phi) is 3.94. The molecule has 1 aromatic heterocycles. The predicted octanol–water partition coefficient (Wildman–Crippen LogP) is 1.77. The number of hydrogen-bond donors (Lipinski definition) is 0. The highest BCUT2D eigenvalue weighted by molar-refractivity contribution is 5.95. The molecule has 0 N–H and O–H groups in total. The summed E-state index contributed by atoms with van der Waals surface area (Å²) in [7, 11) is 1.52. The lowest BCUT2D eigenvalue weighted by Crippen LogP contribution is -2.62. The molecule has 0 bridgehead atoms. The van der Waals surface area contributed by atoms with Gasteiger partial charge in [-0.15, -0.1) is 0 Å². The van der Waals surface area contributed by atoms with Crippen molar-refractivity contribution in [2.75, 3.05) is 33.4 Å². The van der Waals surface area contributed by atoms with Gasteiger partial charge in [0.05, 0.1) is 25.0 Å². The zero-order valence-corrected chi connectivity index (χ0v) is 12.7. The van der Waals surface area contributed by atoms with Crippen molar-refractivity contribution in [3.8, 4) is 0 Å². The second-order valence-electron chi connectivity index (χ2n) is 6.10. The van der Waals surface area contributed by atoms with Crippen LogP contribution in [0.15, 0.2) is 16.7 Å². The zero-order valence-electron chi connectivity index (χ0n) is 12.7. The van der Waals surface area contributed by atoms with Crippen LogP contribution < -0.4 is 0 Å². The second-order valence-corrected chi connectivity index (χ2v) is 6.10. The first kappa shape index (κ1) is 15.4. The third-order valence-corrected chi connectivity index (χ3v) is 4.48. The van der Waals surface area contributed by atoms with Gasteiger partial charge in [0.1, 0.15) is 5.76 Å². The van der Waals surface area contributed by atoms with E-state index in [-0.39, 0.29) is 31.0 Å². The fraction of sp³-hybridized carbons (Fsp3) is 0.667. The molecule has 0 aromatic carbocycles. The minimum atomic E-state index is -2.67. The Balaban J connectivity index is 1.61. The molecule has 1 aromatic rings. The van der Waals surface area contributed by atoms with Crippen LogP contribution in [0, 0.1) is 6.92 Å². The van der Waals surface area contributed by atoms with Crippen LogP contribution in [0.5, 0.6) is 0 Å². The monoisotopic (exact) mass is 314 g/mol. The van der Waals surface area contributed by atoms with Crippen molar-refractivity contribution < 1.29 is 22.7 Å². The molecule has 2 fully saturated rings. The molecular formula is C15H20F2N2O3. The molecule has 3 rings (SSSR count). The van der Waals surface area contributed by atoms with E-state index >= 15 is 0 Å². The average molecular weight is 314 g/mol. The van der Waals surface area contributed by atoms with E-state index < -0.39 is 5.92 Å². The lowest BCUT2D eigenvalue weighted by atomic mass is 10.0. The molecule has 122 valence electrons. The van der Waals surface area contributed by atoms with E-state index in [1.54, 1.807) is 22.8 Å². The number of ether oxygens (including phenoxy) is 1. The summed E-state index contributed by atoms with van der Waals surface area (Å²) >= 11 is 0. The van der Waals surface area contributed by atoms with E-state index in [1.165, 1.54) is 13.4 Å². The number of aryl methyl sites for hydroxylation is 1. The molecule has 0 aliphatic carbocycles. The van der Waals surface area contributed by atoms with Crippen LogP contribution in [0.1, 0.15) is 22.5 Å². The van der Waals surface area contributed by atoms with Gasteiger partial charge in [0.25, 0.3) is 11.8 Å². The summed E-state index contributed by atoms with van der Waals surface area (Å²) in [4.78, 5) is 15.7. The lowest BCUT2D eigenvalue weighted by molar-refractivity contribution is -0.0136. The quantitative estimate of drug-likeness (QED) is 0.850. The number of amides is 1. The standard InChI is InChI=1S/C15H20F2N2O3/c1-10-13(3-4-22-10)14(20)18-6-12(7-18)19-9-15(16,17)5-11(19)8-21-2/h3-4,11-12H,5-9H2,1-2H3/t11-/m0/s1. The van der Waals surface area contributed by atoms with E-state index in [1.807, 2.05) is 0 Å². The first-order chi connectivity index (χ1) is 10.4. The summed E-state index contributed by atoms with van der Waals surface area (Å²) in [5.41, 5.74) is 0.540. The number of carbonyl (C=O) groups excluding carboxylic acids is 1. The Bertz CT molecular complexity index is 555. The number of hydrogen-bond acceptors (Lipinski definition) is 4. The van der Waals surface area contributed by atoms with Crippen LogP contribution in [-0.2, 0) is 4.74 Å². The molecule has 7 heteroatoms. The Morgan fingerprint density at radius 3 is 2.82 bits per heavy atom. The smallest absolute Gasteiger partial charge is 0.262 e. The van der Waals surface area contributed by atoms with Crippen molar-refractivity contribution in [1.29, 1.82) is 0 Å². The van der Waals surface area contributed by atoms with Crippen LogP contribution in [0.4, 0.5) is 8.78 Å². The molecule has 1 amide bonds. The van der Waals surface area contributed by atoms with Gasteiger partial charge in [-0.25, -0.2) is 8.78 Å². The third kappa shape index (κ3) is 2.75. The number of nitrogens with zero attached hydrogens (tertiary/aromatic N) is 2. The van der Waals surface area contributed by atoms with Crippen molar-refractivity contribution in [1.82, 2.24) is 9.80 Å². The van der Waals surface area contributed by atoms with Gasteiger partial charge in [0.15, 0.2) is 0 Å². The molecule has 0 saturated carbocycles. The minimum absolute atomic E-state index is 0.0234. The topological polar surface area (TPSA) is 45.9 Å². The van der Waals surface area contributed by atoms with Crippen molar-refractivity contribution in [3.05, 3.63) is 23.7 Å². The largest absolute Gasteiger partial charge is 0.469 e. The average Bonchev–Trinajstić information content (AvgIpc) is 2.92. The van der Waals surface area contributed by atoms with Crippen LogP contribution in [-0.4, -0.2) is 67.1 Å². The Labute approximate surface area is 127 Å². The maximum Gasteiger partial charge on any atom is 0.262 e. The van der Waals surface area contributed by atoms with Crippen LogP contribution in [0.3, 0.4) is 0 Å². The SMILES string of the molecule is COC[C@@H]1CC(F)(F)CN1C1CN(C(=O)c2ccoc2C)C1. The molecule has 1 atom stereocenters. The summed E-state index contributed by atoms with van der Waals surface area (Å²) in [6.45, 7) is 2.72. The zero-order chi connectivity index (χ0) is 15.9. The van der Waals surface area contributed by atoms with Crippen molar-refractivity contribution in [3.63, 3.8) is 0 Å². The molecule has 3 heterocycles. The Morgan fingerprint density at radius 2 is 2.23 bits per heavy atom. The van der Waals surface area contributed by atoms with E-state index in [0.717, 1.165) is 0 Å². The molecule has 22 heavy (non-hydrogen) atoms. The molecule has 0 spiro atoms. The van der Waals surface area contributed by atoms with Gasteiger partial charge in [-0.05, 0) is 13.0 Å². The number of carbonyl (C=O) groups is 1. The highest BCUT2D eigenvalue weighted by Gasteiger charge is 2.50. The van der Waals surface area contributed by atoms with Crippen molar-refractivity contribution >= 4 is 5.91 Å². The van der Waals surface area contributed by atoms with Gasteiger partial charge in [-0.2, -0.15) is 0 Å². The van der Waals surface area contributed by atoms with Gasteiger partial charge in [-0.3, -0.25) is 9.69 Å². The van der Waals surface area contributed by atoms with Crippen molar-refractivity contribution in [2.24, 2.45) is 0 Å². The number of alkyl halides is 2. The Hall–Kier alpha value is -1.47. The van der Waals surface area contributed by atoms with Gasteiger partial charge in [0.2, 0.25) is 0 Å². The van der Waals surface area contributed by atoms with Gasteiger partial charge >= 0.3 is 0 Å².